The molecule has 0 radical (unpaired) electrons. The molecule has 15 heavy (non-hydrogen) atoms. The molecule has 0 spiro atoms. The van der Waals surface area contributed by atoms with Crippen LogP contribution in [0, 0.1) is 0 Å². The van der Waals surface area contributed by atoms with E-state index >= 15 is 0 Å². The maximum Gasteiger partial charge on any atom is 0.0431 e. The smallest absolute Gasteiger partial charge is 0.0431 e. The molecule has 1 unspecified atom stereocenters. The second-order valence-electron chi connectivity index (χ2n) is 4.43. The molecule has 0 aliphatic carbocycles. The van der Waals surface area contributed by atoms with Crippen molar-refractivity contribution in [2.75, 3.05) is 18.5 Å². The van der Waals surface area contributed by atoms with Crippen molar-refractivity contribution in [3.8, 4) is 0 Å². The first-order valence-electron chi connectivity index (χ1n) is 5.30. The van der Waals surface area contributed by atoms with E-state index < -0.39 is 0 Å². The van der Waals surface area contributed by atoms with Gasteiger partial charge >= 0.3 is 0 Å². The Morgan fingerprint density at radius 3 is 3.07 bits per heavy atom. The Labute approximate surface area is 98.8 Å². The fourth-order valence-electron chi connectivity index (χ4n) is 2.27. The molecule has 2 rings (SSSR count). The summed E-state index contributed by atoms with van der Waals surface area (Å²) in [5.41, 5.74) is 2.78. The molecular formula is C12H16BrNO. The van der Waals surface area contributed by atoms with Crippen LogP contribution in [0.15, 0.2) is 22.7 Å². The van der Waals surface area contributed by atoms with E-state index in [4.69, 9.17) is 5.11 Å². The highest BCUT2D eigenvalue weighted by atomic mass is 79.9. The Balaban J connectivity index is 2.27. The fourth-order valence-corrected chi connectivity index (χ4v) is 2.63. The van der Waals surface area contributed by atoms with Crippen molar-refractivity contribution in [1.82, 2.24) is 0 Å². The Hall–Kier alpha value is -0.540. The van der Waals surface area contributed by atoms with Gasteiger partial charge in [0.1, 0.15) is 0 Å². The van der Waals surface area contributed by atoms with Gasteiger partial charge in [0.05, 0.1) is 0 Å². The highest BCUT2D eigenvalue weighted by molar-refractivity contribution is 9.10. The van der Waals surface area contributed by atoms with Gasteiger partial charge in [-0.3, -0.25) is 0 Å². The molecule has 1 aliphatic rings. The molecule has 1 aromatic carbocycles. The van der Waals surface area contributed by atoms with Gasteiger partial charge in [0.25, 0.3) is 0 Å². The molecule has 0 aromatic heterocycles. The number of hydrogen-bond donors (Lipinski definition) is 2. The maximum atomic E-state index is 8.91. The van der Waals surface area contributed by atoms with Gasteiger partial charge < -0.3 is 10.4 Å². The lowest BCUT2D eigenvalue weighted by Gasteiger charge is -2.23. The molecule has 1 aromatic rings. The van der Waals surface area contributed by atoms with Crippen LogP contribution in [-0.2, 0) is 5.41 Å². The first-order chi connectivity index (χ1) is 7.15. The first kappa shape index (κ1) is 11.0. The van der Waals surface area contributed by atoms with Crippen molar-refractivity contribution < 1.29 is 5.11 Å². The van der Waals surface area contributed by atoms with E-state index in [9.17, 15) is 0 Å². The zero-order chi connectivity index (χ0) is 10.9. The molecule has 0 bridgehead atoms. The predicted molar refractivity (Wildman–Crippen MR) is 66.3 cm³/mol. The zero-order valence-electron chi connectivity index (χ0n) is 8.89. The number of nitrogens with one attached hydrogen (secondary N) is 1. The second-order valence-corrected chi connectivity index (χ2v) is 5.35. The lowest BCUT2D eigenvalue weighted by Crippen LogP contribution is -2.24. The number of aliphatic hydroxyl groups is 1. The Morgan fingerprint density at radius 2 is 2.33 bits per heavy atom. The van der Waals surface area contributed by atoms with Gasteiger partial charge in [-0.25, -0.2) is 0 Å². The molecule has 1 aliphatic heterocycles. The minimum Gasteiger partial charge on any atom is -0.396 e. The molecule has 1 heterocycles. The average molecular weight is 270 g/mol. The van der Waals surface area contributed by atoms with E-state index in [0.29, 0.717) is 0 Å². The summed E-state index contributed by atoms with van der Waals surface area (Å²) in [7, 11) is 0. The number of fused-ring (bicyclic) bond motifs is 1. The SMILES string of the molecule is CC1(CCCO)CNc2cc(Br)ccc21. The van der Waals surface area contributed by atoms with Crippen LogP contribution in [0.4, 0.5) is 5.69 Å². The fraction of sp³-hybridized carbons (Fsp3) is 0.500. The van der Waals surface area contributed by atoms with Gasteiger partial charge in [-0.2, -0.15) is 0 Å². The minimum atomic E-state index is 0.179. The summed E-state index contributed by atoms with van der Waals surface area (Å²) in [6, 6.07) is 6.39. The third-order valence-corrected chi connectivity index (χ3v) is 3.68. The molecule has 82 valence electrons. The quantitative estimate of drug-likeness (QED) is 0.885. The highest BCUT2D eigenvalue weighted by Crippen LogP contribution is 2.40. The van der Waals surface area contributed by atoms with Crippen molar-refractivity contribution in [2.24, 2.45) is 0 Å². The number of benzene rings is 1. The molecule has 0 saturated heterocycles. The summed E-state index contributed by atoms with van der Waals surface area (Å²) in [5.74, 6) is 0. The molecule has 2 N–H and O–H groups in total. The monoisotopic (exact) mass is 269 g/mol. The topological polar surface area (TPSA) is 32.3 Å². The van der Waals surface area contributed by atoms with Crippen LogP contribution in [0.5, 0.6) is 0 Å². The summed E-state index contributed by atoms with van der Waals surface area (Å²) < 4.78 is 1.11. The lowest BCUT2D eigenvalue weighted by molar-refractivity contribution is 0.268. The third-order valence-electron chi connectivity index (χ3n) is 3.19. The Kier molecular flexibility index (Phi) is 3.03. The van der Waals surface area contributed by atoms with Crippen LogP contribution in [0.2, 0.25) is 0 Å². The summed E-state index contributed by atoms with van der Waals surface area (Å²) >= 11 is 3.48. The van der Waals surface area contributed by atoms with Crippen molar-refractivity contribution in [3.05, 3.63) is 28.2 Å². The van der Waals surface area contributed by atoms with Crippen LogP contribution < -0.4 is 5.32 Å². The molecule has 3 heteroatoms. The van der Waals surface area contributed by atoms with E-state index in [1.165, 1.54) is 11.3 Å². The number of rotatable bonds is 3. The lowest BCUT2D eigenvalue weighted by atomic mass is 9.80. The first-order valence-corrected chi connectivity index (χ1v) is 6.10. The van der Waals surface area contributed by atoms with Crippen molar-refractivity contribution in [1.29, 1.82) is 0 Å². The van der Waals surface area contributed by atoms with Gasteiger partial charge in [-0.15, -0.1) is 0 Å². The van der Waals surface area contributed by atoms with Crippen LogP contribution in [-0.4, -0.2) is 18.3 Å². The van der Waals surface area contributed by atoms with Gasteiger partial charge in [-0.1, -0.05) is 28.9 Å². The second kappa shape index (κ2) is 4.14. The summed E-state index contributed by atoms with van der Waals surface area (Å²) in [4.78, 5) is 0. The van der Waals surface area contributed by atoms with Crippen molar-refractivity contribution in [3.63, 3.8) is 0 Å². The van der Waals surface area contributed by atoms with Crippen LogP contribution in [0.3, 0.4) is 0 Å². The summed E-state index contributed by atoms with van der Waals surface area (Å²) in [5, 5.41) is 12.3. The molecule has 0 fully saturated rings. The normalized spacial score (nSPS) is 23.7. The van der Waals surface area contributed by atoms with Gasteiger partial charge in [0.2, 0.25) is 0 Å². The summed E-state index contributed by atoms with van der Waals surface area (Å²) in [6.45, 7) is 3.51. The van der Waals surface area contributed by atoms with Crippen LogP contribution in [0.1, 0.15) is 25.3 Å². The van der Waals surface area contributed by atoms with E-state index in [1.54, 1.807) is 0 Å². The van der Waals surface area contributed by atoms with E-state index in [1.807, 2.05) is 0 Å². The van der Waals surface area contributed by atoms with Crippen molar-refractivity contribution >= 4 is 21.6 Å². The Morgan fingerprint density at radius 1 is 1.53 bits per heavy atom. The van der Waals surface area contributed by atoms with E-state index in [0.717, 1.165) is 23.9 Å². The third kappa shape index (κ3) is 2.04. The maximum absolute atomic E-state index is 8.91. The minimum absolute atomic E-state index is 0.179. The standard InChI is InChI=1S/C12H16BrNO/c1-12(5-2-6-15)8-14-11-7-9(13)3-4-10(11)12/h3-4,7,14-15H,2,5-6,8H2,1H3. The molecule has 2 nitrogen and oxygen atoms in total. The predicted octanol–water partition coefficient (Wildman–Crippen LogP) is 2.90. The van der Waals surface area contributed by atoms with Gasteiger partial charge in [0.15, 0.2) is 0 Å². The molecule has 0 amide bonds. The number of halogens is 1. The van der Waals surface area contributed by atoms with Gasteiger partial charge in [0, 0.05) is 28.7 Å². The molecule has 0 saturated carbocycles. The molecular weight excluding hydrogens is 254 g/mol. The number of aliphatic hydroxyl groups excluding tert-OH is 1. The van der Waals surface area contributed by atoms with E-state index in [2.05, 4.69) is 46.4 Å². The zero-order valence-corrected chi connectivity index (χ0v) is 10.5. The Bertz CT molecular complexity index is 367. The summed E-state index contributed by atoms with van der Waals surface area (Å²) in [6.07, 6.45) is 1.90. The molecule has 1 atom stereocenters. The van der Waals surface area contributed by atoms with Gasteiger partial charge in [-0.05, 0) is 30.5 Å². The number of hydrogen-bond acceptors (Lipinski definition) is 2. The highest BCUT2D eigenvalue weighted by Gasteiger charge is 2.33. The van der Waals surface area contributed by atoms with E-state index in [-0.39, 0.29) is 12.0 Å². The van der Waals surface area contributed by atoms with Crippen LogP contribution >= 0.6 is 15.9 Å². The van der Waals surface area contributed by atoms with Crippen LogP contribution in [0.25, 0.3) is 0 Å². The van der Waals surface area contributed by atoms with Crippen molar-refractivity contribution in [2.45, 2.75) is 25.2 Å². The average Bonchev–Trinajstić information content (AvgIpc) is 2.54. The largest absolute Gasteiger partial charge is 0.396 e. The number of anilines is 1.